The summed E-state index contributed by atoms with van der Waals surface area (Å²) in [5, 5.41) is 13.7. The minimum absolute atomic E-state index is 0.122. The number of sulfonamides is 1. The highest BCUT2D eigenvalue weighted by Gasteiger charge is 2.30. The molecule has 3 aromatic rings. The van der Waals surface area contributed by atoms with E-state index in [1.165, 1.54) is 41.3 Å². The molecule has 0 unspecified atom stereocenters. The molecule has 0 atom stereocenters. The number of nitro benzene ring substituents is 1. The SMILES string of the molecule is O=C(Nc1ccc(S(=O)(=O)NCC(F)(F)F)cc1)c1c[nH]c2ccc([N+](=O)[O-])cc12. The van der Waals surface area contributed by atoms with Crippen LogP contribution >= 0.6 is 0 Å². The lowest BCUT2D eigenvalue weighted by Gasteiger charge is -2.10. The second-order valence-electron chi connectivity index (χ2n) is 6.11. The van der Waals surface area contributed by atoms with E-state index in [2.05, 4.69) is 10.3 Å². The van der Waals surface area contributed by atoms with Crippen molar-refractivity contribution in [2.45, 2.75) is 11.1 Å². The Balaban J connectivity index is 1.77. The number of nitrogens with zero attached hydrogens (tertiary/aromatic N) is 1. The zero-order valence-corrected chi connectivity index (χ0v) is 15.7. The maximum atomic E-state index is 12.5. The molecule has 13 heteroatoms. The number of benzene rings is 2. The van der Waals surface area contributed by atoms with E-state index in [1.54, 1.807) is 0 Å². The van der Waals surface area contributed by atoms with Crippen molar-refractivity contribution in [3.8, 4) is 0 Å². The van der Waals surface area contributed by atoms with Gasteiger partial charge in [-0.2, -0.15) is 13.2 Å². The smallest absolute Gasteiger partial charge is 0.360 e. The number of amides is 1. The number of halogens is 3. The maximum Gasteiger partial charge on any atom is 0.402 e. The predicted molar refractivity (Wildman–Crippen MR) is 101 cm³/mol. The summed E-state index contributed by atoms with van der Waals surface area (Å²) >= 11 is 0. The molecule has 0 aliphatic heterocycles. The fourth-order valence-electron chi connectivity index (χ4n) is 2.59. The Kier molecular flexibility index (Phi) is 5.50. The number of nitro groups is 1. The number of rotatable bonds is 6. The summed E-state index contributed by atoms with van der Waals surface area (Å²) in [6, 6.07) is 8.46. The van der Waals surface area contributed by atoms with Crippen LogP contribution in [0.5, 0.6) is 0 Å². The number of carbonyl (C=O) groups is 1. The molecule has 0 fully saturated rings. The van der Waals surface area contributed by atoms with Crippen LogP contribution in [-0.4, -0.2) is 37.0 Å². The molecular formula is C17H13F3N4O5S. The molecular weight excluding hydrogens is 429 g/mol. The Morgan fingerprint density at radius 1 is 1.13 bits per heavy atom. The second-order valence-corrected chi connectivity index (χ2v) is 7.87. The molecule has 0 bridgehead atoms. The number of H-pyrrole nitrogens is 1. The number of nitrogens with one attached hydrogen (secondary N) is 3. The van der Waals surface area contributed by atoms with Crippen LogP contribution in [0, 0.1) is 10.1 Å². The van der Waals surface area contributed by atoms with Gasteiger partial charge in [0.1, 0.15) is 6.54 Å². The lowest BCUT2D eigenvalue weighted by atomic mass is 10.1. The zero-order chi connectivity index (χ0) is 22.1. The number of fused-ring (bicyclic) bond motifs is 1. The summed E-state index contributed by atoms with van der Waals surface area (Å²) in [6.45, 7) is -1.71. The van der Waals surface area contributed by atoms with Crippen molar-refractivity contribution in [3.63, 3.8) is 0 Å². The summed E-state index contributed by atoms with van der Waals surface area (Å²) in [6.07, 6.45) is -3.33. The first-order valence-electron chi connectivity index (χ1n) is 8.20. The van der Waals surface area contributed by atoms with Crippen LogP contribution in [0.15, 0.2) is 53.6 Å². The van der Waals surface area contributed by atoms with Gasteiger partial charge in [-0.3, -0.25) is 14.9 Å². The maximum absolute atomic E-state index is 12.5. The van der Waals surface area contributed by atoms with Gasteiger partial charge in [0.25, 0.3) is 11.6 Å². The van der Waals surface area contributed by atoms with E-state index in [4.69, 9.17) is 0 Å². The third-order valence-corrected chi connectivity index (χ3v) is 5.42. The first-order valence-corrected chi connectivity index (χ1v) is 9.68. The molecule has 3 N–H and O–H groups in total. The van der Waals surface area contributed by atoms with E-state index in [-0.39, 0.29) is 16.9 Å². The van der Waals surface area contributed by atoms with Crippen molar-refractivity contribution in [1.29, 1.82) is 0 Å². The Morgan fingerprint density at radius 3 is 2.40 bits per heavy atom. The van der Waals surface area contributed by atoms with Gasteiger partial charge < -0.3 is 10.3 Å². The minimum atomic E-state index is -4.70. The molecule has 3 rings (SSSR count). The highest BCUT2D eigenvalue weighted by atomic mass is 32.2. The zero-order valence-electron chi connectivity index (χ0n) is 14.9. The van der Waals surface area contributed by atoms with Crippen LogP contribution in [0.25, 0.3) is 10.9 Å². The molecule has 30 heavy (non-hydrogen) atoms. The van der Waals surface area contributed by atoms with Gasteiger partial charge in [-0.05, 0) is 30.3 Å². The number of carbonyl (C=O) groups excluding carboxylic acids is 1. The predicted octanol–water partition coefficient (Wildman–Crippen LogP) is 3.17. The van der Waals surface area contributed by atoms with Crippen LogP contribution in [0.3, 0.4) is 0 Å². The van der Waals surface area contributed by atoms with E-state index < -0.39 is 38.5 Å². The van der Waals surface area contributed by atoms with Crippen molar-refractivity contribution in [3.05, 3.63) is 64.3 Å². The van der Waals surface area contributed by atoms with Crippen molar-refractivity contribution >= 4 is 38.2 Å². The average Bonchev–Trinajstić information content (AvgIpc) is 3.10. The van der Waals surface area contributed by atoms with Gasteiger partial charge in [-0.15, -0.1) is 0 Å². The molecule has 0 radical (unpaired) electrons. The number of non-ortho nitro benzene ring substituents is 1. The van der Waals surface area contributed by atoms with Crippen molar-refractivity contribution < 1.29 is 31.3 Å². The van der Waals surface area contributed by atoms with E-state index >= 15 is 0 Å². The summed E-state index contributed by atoms with van der Waals surface area (Å²) in [4.78, 5) is 25.2. The Labute approximate surface area is 167 Å². The first kappa shape index (κ1) is 21.3. The largest absolute Gasteiger partial charge is 0.402 e. The topological polar surface area (TPSA) is 134 Å². The van der Waals surface area contributed by atoms with Gasteiger partial charge in [0, 0.05) is 34.9 Å². The van der Waals surface area contributed by atoms with E-state index in [1.807, 2.05) is 0 Å². The molecule has 1 heterocycles. The lowest BCUT2D eigenvalue weighted by Crippen LogP contribution is -2.33. The van der Waals surface area contributed by atoms with Gasteiger partial charge in [0.05, 0.1) is 15.4 Å². The van der Waals surface area contributed by atoms with Crippen LogP contribution in [0.2, 0.25) is 0 Å². The quantitative estimate of drug-likeness (QED) is 0.398. The highest BCUT2D eigenvalue weighted by Crippen LogP contribution is 2.25. The molecule has 2 aromatic carbocycles. The Morgan fingerprint density at radius 2 is 1.80 bits per heavy atom. The monoisotopic (exact) mass is 442 g/mol. The molecule has 9 nitrogen and oxygen atoms in total. The molecule has 1 amide bonds. The van der Waals surface area contributed by atoms with Gasteiger partial charge >= 0.3 is 6.18 Å². The van der Waals surface area contributed by atoms with Gasteiger partial charge in [-0.25, -0.2) is 13.1 Å². The number of anilines is 1. The van der Waals surface area contributed by atoms with Crippen LogP contribution in [0.1, 0.15) is 10.4 Å². The third kappa shape index (κ3) is 4.75. The van der Waals surface area contributed by atoms with Crippen LogP contribution < -0.4 is 10.0 Å². The Bertz CT molecular complexity index is 1220. The molecule has 0 aliphatic carbocycles. The van der Waals surface area contributed by atoms with Gasteiger partial charge in [0.15, 0.2) is 0 Å². The molecule has 0 spiro atoms. The van der Waals surface area contributed by atoms with Crippen molar-refractivity contribution in [1.82, 2.24) is 9.71 Å². The molecule has 0 aliphatic rings. The molecule has 0 saturated carbocycles. The summed E-state index contributed by atoms with van der Waals surface area (Å²) in [5.41, 5.74) is 0.604. The van der Waals surface area contributed by atoms with Crippen molar-refractivity contribution in [2.75, 3.05) is 11.9 Å². The van der Waals surface area contributed by atoms with E-state index in [0.717, 1.165) is 12.1 Å². The lowest BCUT2D eigenvalue weighted by molar-refractivity contribution is -0.384. The average molecular weight is 442 g/mol. The minimum Gasteiger partial charge on any atom is -0.360 e. The fraction of sp³-hybridized carbons (Fsp3) is 0.118. The number of aromatic nitrogens is 1. The van der Waals surface area contributed by atoms with Crippen LogP contribution in [-0.2, 0) is 10.0 Å². The van der Waals surface area contributed by atoms with Crippen LogP contribution in [0.4, 0.5) is 24.5 Å². The fourth-order valence-corrected chi connectivity index (χ4v) is 3.60. The second kappa shape index (κ2) is 7.76. The van der Waals surface area contributed by atoms with Gasteiger partial charge in [-0.1, -0.05) is 0 Å². The van der Waals surface area contributed by atoms with Gasteiger partial charge in [0.2, 0.25) is 10.0 Å². The standard InChI is InChI=1S/C17H13F3N4O5S/c18-17(19,20)9-22-30(28,29)12-4-1-10(2-5-12)23-16(25)14-8-21-15-6-3-11(24(26)27)7-13(14)15/h1-8,21-22H,9H2,(H,23,25). The summed E-state index contributed by atoms with van der Waals surface area (Å²) in [5.74, 6) is -0.618. The molecule has 1 aromatic heterocycles. The third-order valence-electron chi connectivity index (χ3n) is 4.01. The highest BCUT2D eigenvalue weighted by molar-refractivity contribution is 7.89. The van der Waals surface area contributed by atoms with E-state index in [0.29, 0.717) is 10.9 Å². The number of alkyl halides is 3. The molecule has 158 valence electrons. The molecule has 0 saturated heterocycles. The normalized spacial score (nSPS) is 12.1. The van der Waals surface area contributed by atoms with E-state index in [9.17, 15) is 36.5 Å². The Hall–Kier alpha value is -3.45. The van der Waals surface area contributed by atoms with Crippen molar-refractivity contribution in [2.24, 2.45) is 0 Å². The number of aromatic amines is 1. The summed E-state index contributed by atoms with van der Waals surface area (Å²) < 4.78 is 61.8. The first-order chi connectivity index (χ1) is 14.0. The number of hydrogen-bond donors (Lipinski definition) is 3. The summed E-state index contributed by atoms with van der Waals surface area (Å²) in [7, 11) is -4.38. The number of hydrogen-bond acceptors (Lipinski definition) is 5.